The fraction of sp³-hybridized carbons (Fsp3) is 0.538. The third-order valence-corrected chi connectivity index (χ3v) is 2.53. The van der Waals surface area contributed by atoms with Crippen molar-refractivity contribution in [2.75, 3.05) is 23.8 Å². The normalized spacial score (nSPS) is 10.5. The van der Waals surface area contributed by atoms with E-state index in [-0.39, 0.29) is 18.6 Å². The molecule has 100 valence electrons. The van der Waals surface area contributed by atoms with E-state index in [0.29, 0.717) is 18.1 Å². The number of nitrogen functional groups attached to an aromatic ring is 1. The molecule has 0 saturated heterocycles. The van der Waals surface area contributed by atoms with Gasteiger partial charge in [-0.1, -0.05) is 0 Å². The number of nitrogens with two attached hydrogens (primary N) is 1. The van der Waals surface area contributed by atoms with Crippen LogP contribution >= 0.6 is 0 Å². The van der Waals surface area contributed by atoms with Crippen LogP contribution in [0.1, 0.15) is 26.3 Å². The lowest BCUT2D eigenvalue weighted by Crippen LogP contribution is -2.37. The molecular weight excluding hydrogens is 230 g/mol. The van der Waals surface area contributed by atoms with Crippen molar-refractivity contribution in [1.82, 2.24) is 4.98 Å². The van der Waals surface area contributed by atoms with Crippen LogP contribution in [-0.2, 0) is 9.53 Å². The lowest BCUT2D eigenvalue weighted by atomic mass is 10.2. The molecule has 0 spiro atoms. The summed E-state index contributed by atoms with van der Waals surface area (Å²) in [5.74, 6) is 0.358. The van der Waals surface area contributed by atoms with E-state index in [1.807, 2.05) is 31.7 Å². The maximum absolute atomic E-state index is 11.6. The van der Waals surface area contributed by atoms with E-state index < -0.39 is 0 Å². The Hall–Kier alpha value is -1.78. The summed E-state index contributed by atoms with van der Waals surface area (Å²) < 4.78 is 4.96. The Bertz CT molecular complexity index is 419. The number of anilines is 2. The Morgan fingerprint density at radius 2 is 2.22 bits per heavy atom. The number of hydrogen-bond donors (Lipinski definition) is 1. The molecule has 5 nitrogen and oxygen atoms in total. The van der Waals surface area contributed by atoms with E-state index in [1.165, 1.54) is 0 Å². The monoisotopic (exact) mass is 251 g/mol. The summed E-state index contributed by atoms with van der Waals surface area (Å²) in [6.07, 6.45) is 1.74. The smallest absolute Gasteiger partial charge is 0.325 e. The quantitative estimate of drug-likeness (QED) is 0.807. The Morgan fingerprint density at radius 1 is 1.56 bits per heavy atom. The van der Waals surface area contributed by atoms with Crippen LogP contribution in [0.25, 0.3) is 0 Å². The molecule has 0 aromatic carbocycles. The van der Waals surface area contributed by atoms with E-state index in [2.05, 4.69) is 4.98 Å². The van der Waals surface area contributed by atoms with Gasteiger partial charge in [0, 0.05) is 12.2 Å². The van der Waals surface area contributed by atoms with E-state index in [4.69, 9.17) is 10.5 Å². The molecule has 0 radical (unpaired) electrons. The molecule has 1 aromatic heterocycles. The Kier molecular flexibility index (Phi) is 4.95. The fourth-order valence-electron chi connectivity index (χ4n) is 1.67. The van der Waals surface area contributed by atoms with E-state index in [9.17, 15) is 4.79 Å². The molecular formula is C13H21N3O2. The highest BCUT2D eigenvalue weighted by Gasteiger charge is 2.18. The fourth-order valence-corrected chi connectivity index (χ4v) is 1.67. The van der Waals surface area contributed by atoms with Gasteiger partial charge in [-0.2, -0.15) is 0 Å². The maximum Gasteiger partial charge on any atom is 0.325 e. The average Bonchev–Trinajstić information content (AvgIpc) is 2.27. The van der Waals surface area contributed by atoms with E-state index in [0.717, 1.165) is 5.56 Å². The maximum atomic E-state index is 11.6. The number of hydrogen-bond acceptors (Lipinski definition) is 5. The van der Waals surface area contributed by atoms with Crippen LogP contribution < -0.4 is 10.6 Å². The van der Waals surface area contributed by atoms with Gasteiger partial charge in [-0.05, 0) is 39.3 Å². The number of rotatable bonds is 5. The molecule has 1 rings (SSSR count). The minimum Gasteiger partial charge on any atom is -0.465 e. The zero-order valence-corrected chi connectivity index (χ0v) is 11.4. The van der Waals surface area contributed by atoms with Gasteiger partial charge >= 0.3 is 5.97 Å². The Morgan fingerprint density at radius 3 is 2.72 bits per heavy atom. The molecule has 1 aromatic rings. The highest BCUT2D eigenvalue weighted by molar-refractivity contribution is 5.77. The predicted octanol–water partition coefficient (Wildman–Crippen LogP) is 1.75. The first-order valence-corrected chi connectivity index (χ1v) is 6.10. The van der Waals surface area contributed by atoms with E-state index >= 15 is 0 Å². The van der Waals surface area contributed by atoms with Crippen molar-refractivity contribution in [2.24, 2.45) is 0 Å². The zero-order chi connectivity index (χ0) is 13.7. The molecule has 0 aliphatic rings. The number of pyridine rings is 1. The van der Waals surface area contributed by atoms with Gasteiger partial charge < -0.3 is 15.4 Å². The van der Waals surface area contributed by atoms with Crippen molar-refractivity contribution in [3.8, 4) is 0 Å². The van der Waals surface area contributed by atoms with Crippen molar-refractivity contribution in [3.05, 3.63) is 17.8 Å². The summed E-state index contributed by atoms with van der Waals surface area (Å²) in [5.41, 5.74) is 7.53. The summed E-state index contributed by atoms with van der Waals surface area (Å²) in [5, 5.41) is 0. The number of esters is 1. The molecule has 18 heavy (non-hydrogen) atoms. The summed E-state index contributed by atoms with van der Waals surface area (Å²) in [6, 6.07) is 1.97. The number of nitrogens with zero attached hydrogens (tertiary/aromatic N) is 2. The highest BCUT2D eigenvalue weighted by atomic mass is 16.5. The Balaban J connectivity index is 2.94. The minimum absolute atomic E-state index is 0.118. The van der Waals surface area contributed by atoms with Gasteiger partial charge in [0.25, 0.3) is 0 Å². The van der Waals surface area contributed by atoms with Gasteiger partial charge in [0.15, 0.2) is 5.82 Å². The summed E-state index contributed by atoms with van der Waals surface area (Å²) in [4.78, 5) is 17.7. The zero-order valence-electron chi connectivity index (χ0n) is 11.4. The first kappa shape index (κ1) is 14.3. The molecule has 0 fully saturated rings. The highest BCUT2D eigenvalue weighted by Crippen LogP contribution is 2.22. The number of aromatic nitrogens is 1. The van der Waals surface area contributed by atoms with Crippen molar-refractivity contribution >= 4 is 17.5 Å². The molecule has 0 atom stereocenters. The molecule has 0 bridgehead atoms. The molecule has 2 N–H and O–H groups in total. The number of carbonyl (C=O) groups excluding carboxylic acids is 1. The van der Waals surface area contributed by atoms with Crippen LogP contribution in [0.3, 0.4) is 0 Å². The molecule has 0 aliphatic carbocycles. The van der Waals surface area contributed by atoms with Gasteiger partial charge in [0.2, 0.25) is 0 Å². The summed E-state index contributed by atoms with van der Waals surface area (Å²) in [6.45, 7) is 8.22. The second kappa shape index (κ2) is 6.23. The molecule has 0 amide bonds. The van der Waals surface area contributed by atoms with Crippen molar-refractivity contribution in [1.29, 1.82) is 0 Å². The number of aryl methyl sites for hydroxylation is 1. The van der Waals surface area contributed by atoms with Crippen LogP contribution in [0.2, 0.25) is 0 Å². The summed E-state index contributed by atoms with van der Waals surface area (Å²) >= 11 is 0. The van der Waals surface area contributed by atoms with Crippen LogP contribution in [0.5, 0.6) is 0 Å². The van der Waals surface area contributed by atoms with Gasteiger partial charge in [-0.15, -0.1) is 0 Å². The first-order chi connectivity index (χ1) is 8.45. The van der Waals surface area contributed by atoms with Crippen LogP contribution in [0.4, 0.5) is 11.5 Å². The summed E-state index contributed by atoms with van der Waals surface area (Å²) in [7, 11) is 0. The second-order valence-corrected chi connectivity index (χ2v) is 4.45. The lowest BCUT2D eigenvalue weighted by Gasteiger charge is -2.27. The van der Waals surface area contributed by atoms with Crippen LogP contribution in [0.15, 0.2) is 12.3 Å². The van der Waals surface area contributed by atoms with Gasteiger partial charge in [0.1, 0.15) is 6.54 Å². The topological polar surface area (TPSA) is 68.5 Å². The average molecular weight is 251 g/mol. The van der Waals surface area contributed by atoms with Gasteiger partial charge in [-0.3, -0.25) is 4.79 Å². The molecule has 1 heterocycles. The lowest BCUT2D eigenvalue weighted by molar-refractivity contribution is -0.141. The SMILES string of the molecule is CCOC(=O)CN(c1ncc(C)cc1N)C(C)C. The van der Waals surface area contributed by atoms with Crippen molar-refractivity contribution < 1.29 is 9.53 Å². The van der Waals surface area contributed by atoms with E-state index in [1.54, 1.807) is 13.1 Å². The minimum atomic E-state index is -0.270. The molecule has 0 aliphatic heterocycles. The Labute approximate surface area is 108 Å². The van der Waals surface area contributed by atoms with Crippen LogP contribution in [-0.4, -0.2) is 30.1 Å². The molecule has 5 heteroatoms. The predicted molar refractivity (Wildman–Crippen MR) is 72.5 cm³/mol. The van der Waals surface area contributed by atoms with Crippen molar-refractivity contribution in [3.63, 3.8) is 0 Å². The second-order valence-electron chi connectivity index (χ2n) is 4.45. The van der Waals surface area contributed by atoms with Crippen molar-refractivity contribution in [2.45, 2.75) is 33.7 Å². The molecule has 0 unspecified atom stereocenters. The van der Waals surface area contributed by atoms with Crippen LogP contribution in [0, 0.1) is 6.92 Å². The first-order valence-electron chi connectivity index (χ1n) is 6.10. The van der Waals surface area contributed by atoms with Gasteiger partial charge in [0.05, 0.1) is 12.3 Å². The number of ether oxygens (including phenoxy) is 1. The standard InChI is InChI=1S/C13H21N3O2/c1-5-18-12(17)8-16(9(2)3)13-11(14)6-10(4)7-15-13/h6-7,9H,5,8,14H2,1-4H3. The molecule has 0 saturated carbocycles. The number of carbonyl (C=O) groups is 1. The largest absolute Gasteiger partial charge is 0.465 e. The van der Waals surface area contributed by atoms with Gasteiger partial charge in [-0.25, -0.2) is 4.98 Å². The third-order valence-electron chi connectivity index (χ3n) is 2.53. The third kappa shape index (κ3) is 3.61.